The Morgan fingerprint density at radius 1 is 0.667 bits per heavy atom. The molecule has 3 aromatic rings. The number of allylic oxidation sites excluding steroid dienone is 6. The minimum atomic E-state index is -0.247. The first kappa shape index (κ1) is 26.5. The topological polar surface area (TPSA) is 83.6 Å². The zero-order valence-corrected chi connectivity index (χ0v) is 24.7. The molecule has 0 atom stereocenters. The van der Waals surface area contributed by atoms with E-state index in [0.29, 0.717) is 28.8 Å². The number of rotatable bonds is 3. The number of thioether (sulfide) groups is 2. The molecule has 0 saturated carbocycles. The van der Waals surface area contributed by atoms with Gasteiger partial charge in [-0.1, -0.05) is 58.9 Å². The number of fused-ring (bicyclic) bond motifs is 5. The van der Waals surface area contributed by atoms with E-state index in [4.69, 9.17) is 0 Å². The van der Waals surface area contributed by atoms with Crippen LogP contribution in [0.1, 0.15) is 59.5 Å². The average Bonchev–Trinajstić information content (AvgIpc) is 3.68. The van der Waals surface area contributed by atoms with Crippen molar-refractivity contribution in [3.05, 3.63) is 127 Å². The molecule has 0 radical (unpaired) electrons. The number of anilines is 2. The van der Waals surface area contributed by atoms with E-state index in [-0.39, 0.29) is 34.3 Å². The van der Waals surface area contributed by atoms with Crippen LogP contribution in [-0.4, -0.2) is 29.7 Å². The number of ketones is 4. The van der Waals surface area contributed by atoms with E-state index in [2.05, 4.69) is 23.2 Å². The van der Waals surface area contributed by atoms with Gasteiger partial charge in [-0.3, -0.25) is 19.2 Å². The van der Waals surface area contributed by atoms with Crippen LogP contribution in [-0.2, 0) is 0 Å². The van der Waals surface area contributed by atoms with Gasteiger partial charge in [0.15, 0.2) is 23.1 Å². The molecule has 0 aromatic heterocycles. The average molecular weight is 589 g/mol. The molecule has 0 bridgehead atoms. The lowest BCUT2D eigenvalue weighted by Crippen LogP contribution is -2.16. The lowest BCUT2D eigenvalue weighted by molar-refractivity contribution is 0.0973. The third-order valence-electron chi connectivity index (χ3n) is 7.74. The summed E-state index contributed by atoms with van der Waals surface area (Å²) in [5.41, 5.74) is 6.08. The van der Waals surface area contributed by atoms with E-state index in [0.717, 1.165) is 42.4 Å². The Hall–Kier alpha value is -4.40. The van der Waals surface area contributed by atoms with Crippen molar-refractivity contribution in [3.8, 4) is 0 Å². The minimum absolute atomic E-state index is 0.171. The number of aryl methyl sites for hydroxylation is 2. The number of benzene rings is 3. The third-order valence-corrected chi connectivity index (χ3v) is 10.1. The Kier molecular flexibility index (Phi) is 6.22. The monoisotopic (exact) mass is 588 g/mol. The second kappa shape index (κ2) is 9.86. The fraction of sp³-hybridized carbons (Fsp3) is 0.118. The molecule has 4 aliphatic rings. The van der Waals surface area contributed by atoms with Crippen LogP contribution in [0.2, 0.25) is 0 Å². The molecular formula is C34H24N2O4S2. The van der Waals surface area contributed by atoms with Gasteiger partial charge in [0.05, 0.1) is 42.4 Å². The number of hydrogen-bond donors (Lipinski definition) is 1. The highest BCUT2D eigenvalue weighted by Gasteiger charge is 2.35. The van der Waals surface area contributed by atoms with Crippen molar-refractivity contribution < 1.29 is 19.2 Å². The Morgan fingerprint density at radius 3 is 1.83 bits per heavy atom. The summed E-state index contributed by atoms with van der Waals surface area (Å²) in [6.45, 7) is 6.58. The lowest BCUT2D eigenvalue weighted by Gasteiger charge is -2.17. The fourth-order valence-electron chi connectivity index (χ4n) is 5.63. The van der Waals surface area contributed by atoms with Gasteiger partial charge in [-0.15, -0.1) is 0 Å². The Morgan fingerprint density at radius 2 is 1.24 bits per heavy atom. The van der Waals surface area contributed by atoms with Gasteiger partial charge >= 0.3 is 0 Å². The van der Waals surface area contributed by atoms with Gasteiger partial charge in [-0.2, -0.15) is 0 Å². The number of carbonyl (C=O) groups excluding carboxylic acids is 4. The fourth-order valence-corrected chi connectivity index (χ4v) is 7.99. The SMILES string of the molecule is CCN1/C(=C/C=C2/C(=O)c3ccc(C)cc3C2=O)Sc2c1ccc1c2S/C(=C\C=C2\C(=O)c3ccc(C)cc3C2=O)N1. The van der Waals surface area contributed by atoms with Gasteiger partial charge in [0.1, 0.15) is 0 Å². The zero-order valence-electron chi connectivity index (χ0n) is 23.0. The van der Waals surface area contributed by atoms with Crippen molar-refractivity contribution >= 4 is 58.0 Å². The summed E-state index contributed by atoms with van der Waals surface area (Å²) < 4.78 is 0. The highest BCUT2D eigenvalue weighted by molar-refractivity contribution is 8.06. The van der Waals surface area contributed by atoms with Crippen LogP contribution in [0.15, 0.2) is 104 Å². The van der Waals surface area contributed by atoms with Crippen LogP contribution in [0.25, 0.3) is 0 Å². The summed E-state index contributed by atoms with van der Waals surface area (Å²) in [4.78, 5) is 56.0. The number of hydrogen-bond acceptors (Lipinski definition) is 8. The summed E-state index contributed by atoms with van der Waals surface area (Å²) in [6, 6.07) is 14.8. The number of nitrogens with zero attached hydrogens (tertiary/aromatic N) is 1. The van der Waals surface area contributed by atoms with Gasteiger partial charge in [0.25, 0.3) is 0 Å². The smallest absolute Gasteiger partial charge is 0.197 e. The van der Waals surface area contributed by atoms with Gasteiger partial charge < -0.3 is 10.2 Å². The molecule has 0 spiro atoms. The molecule has 8 heteroatoms. The van der Waals surface area contributed by atoms with Gasteiger partial charge in [0, 0.05) is 28.8 Å². The number of carbonyl (C=O) groups is 4. The summed E-state index contributed by atoms with van der Waals surface area (Å²) in [5, 5.41) is 5.15. The maximum atomic E-state index is 13.0. The maximum Gasteiger partial charge on any atom is 0.197 e. The third kappa shape index (κ3) is 4.05. The second-order valence-electron chi connectivity index (χ2n) is 10.5. The molecule has 2 heterocycles. The van der Waals surface area contributed by atoms with Crippen LogP contribution in [0.5, 0.6) is 0 Å². The van der Waals surface area contributed by atoms with Crippen molar-refractivity contribution in [1.82, 2.24) is 0 Å². The molecule has 1 N–H and O–H groups in total. The molecule has 0 fully saturated rings. The Bertz CT molecular complexity index is 1950. The highest BCUT2D eigenvalue weighted by Crippen LogP contribution is 2.56. The molecule has 3 aromatic carbocycles. The highest BCUT2D eigenvalue weighted by atomic mass is 32.2. The van der Waals surface area contributed by atoms with Gasteiger partial charge in [0.2, 0.25) is 0 Å². The zero-order chi connectivity index (χ0) is 29.3. The van der Waals surface area contributed by atoms with Crippen molar-refractivity contribution in [2.75, 3.05) is 16.8 Å². The van der Waals surface area contributed by atoms with Crippen molar-refractivity contribution in [1.29, 1.82) is 0 Å². The maximum absolute atomic E-state index is 13.0. The standard InChI is InChI=1S/C34H24N2O4S2/c1-4-36-26-12-11-25-33(41-27(35-25)13-9-21-29(37)19-7-5-17(2)15-23(19)31(21)39)34(26)42-28(36)14-10-22-30(38)20-8-6-18(3)16-24(20)32(22)40/h5-16,35H,4H2,1-3H3/b21-9-,22-10-,27-13-,28-14-. The van der Waals surface area contributed by atoms with Crippen LogP contribution in [0.3, 0.4) is 0 Å². The molecule has 0 amide bonds. The van der Waals surface area contributed by atoms with E-state index in [1.54, 1.807) is 66.0 Å². The Labute approximate surface area is 251 Å². The van der Waals surface area contributed by atoms with Crippen molar-refractivity contribution in [3.63, 3.8) is 0 Å². The van der Waals surface area contributed by atoms with E-state index in [1.165, 1.54) is 0 Å². The van der Waals surface area contributed by atoms with Crippen LogP contribution in [0, 0.1) is 13.8 Å². The Balaban J connectivity index is 1.16. The summed E-state index contributed by atoms with van der Waals surface area (Å²) in [7, 11) is 0. The number of nitrogens with one attached hydrogen (secondary N) is 1. The van der Waals surface area contributed by atoms with E-state index in [9.17, 15) is 19.2 Å². The van der Waals surface area contributed by atoms with Gasteiger partial charge in [-0.25, -0.2) is 0 Å². The lowest BCUT2D eigenvalue weighted by atomic mass is 10.1. The van der Waals surface area contributed by atoms with Gasteiger partial charge in [-0.05, 0) is 69.3 Å². The number of Topliss-reactive ketones (excluding diaryl/α,β-unsaturated/α-hetero) is 4. The molecule has 0 saturated heterocycles. The second-order valence-corrected chi connectivity index (χ2v) is 12.6. The quantitative estimate of drug-likeness (QED) is 0.250. The normalized spacial score (nSPS) is 20.7. The molecular weight excluding hydrogens is 565 g/mol. The molecule has 0 unspecified atom stereocenters. The van der Waals surface area contributed by atoms with Crippen LogP contribution >= 0.6 is 23.5 Å². The largest absolute Gasteiger partial charge is 0.349 e. The first-order valence-corrected chi connectivity index (χ1v) is 15.2. The van der Waals surface area contributed by atoms with E-state index < -0.39 is 0 Å². The molecule has 2 aliphatic heterocycles. The molecule has 42 heavy (non-hydrogen) atoms. The van der Waals surface area contributed by atoms with Crippen molar-refractivity contribution in [2.45, 2.75) is 30.6 Å². The first-order valence-electron chi connectivity index (χ1n) is 13.6. The van der Waals surface area contributed by atoms with Crippen molar-refractivity contribution in [2.24, 2.45) is 0 Å². The van der Waals surface area contributed by atoms with E-state index in [1.807, 2.05) is 38.1 Å². The van der Waals surface area contributed by atoms with Crippen LogP contribution in [0.4, 0.5) is 11.4 Å². The van der Waals surface area contributed by atoms with Crippen LogP contribution < -0.4 is 10.2 Å². The predicted molar refractivity (Wildman–Crippen MR) is 167 cm³/mol. The summed E-state index contributed by atoms with van der Waals surface area (Å²) >= 11 is 3.14. The minimum Gasteiger partial charge on any atom is -0.349 e. The molecule has 7 rings (SSSR count). The molecule has 206 valence electrons. The molecule has 2 aliphatic carbocycles. The summed E-state index contributed by atoms with van der Waals surface area (Å²) in [5.74, 6) is -0.963. The first-order chi connectivity index (χ1) is 20.2. The molecule has 6 nitrogen and oxygen atoms in total. The predicted octanol–water partition coefficient (Wildman–Crippen LogP) is 7.45. The van der Waals surface area contributed by atoms with E-state index >= 15 is 0 Å². The summed E-state index contributed by atoms with van der Waals surface area (Å²) in [6.07, 6.45) is 6.90.